The molecule has 0 saturated carbocycles. The van der Waals surface area contributed by atoms with Crippen LogP contribution in [0.1, 0.15) is 26.4 Å². The number of hydrogen-bond donors (Lipinski definition) is 2. The van der Waals surface area contributed by atoms with Crippen molar-refractivity contribution in [1.82, 2.24) is 4.98 Å². The molecule has 0 aliphatic carbocycles. The van der Waals surface area contributed by atoms with Crippen molar-refractivity contribution in [3.8, 4) is 0 Å². The molecule has 2 aromatic rings. The molecule has 1 aromatic heterocycles. The van der Waals surface area contributed by atoms with E-state index in [1.165, 1.54) is 0 Å². The molecule has 0 saturated heterocycles. The van der Waals surface area contributed by atoms with Crippen molar-refractivity contribution >= 4 is 17.5 Å². The molecule has 5 nitrogen and oxygen atoms in total. The van der Waals surface area contributed by atoms with Crippen LogP contribution in [0.25, 0.3) is 0 Å². The number of nitrogens with zero attached hydrogens (tertiary/aromatic N) is 1. The molecule has 1 heterocycles. The third-order valence-electron chi connectivity index (χ3n) is 2.59. The van der Waals surface area contributed by atoms with E-state index in [-0.39, 0.29) is 5.91 Å². The first-order chi connectivity index (χ1) is 9.06. The van der Waals surface area contributed by atoms with Gasteiger partial charge in [-0.05, 0) is 43.3 Å². The molecule has 1 aromatic carbocycles. The first-order valence-corrected chi connectivity index (χ1v) is 5.70. The fourth-order valence-electron chi connectivity index (χ4n) is 1.61. The normalized spacial score (nSPS) is 9.95. The van der Waals surface area contributed by atoms with Crippen molar-refractivity contribution in [3.63, 3.8) is 0 Å². The third-order valence-corrected chi connectivity index (χ3v) is 2.59. The Hall–Kier alpha value is -2.69. The van der Waals surface area contributed by atoms with Crippen LogP contribution in [0.3, 0.4) is 0 Å². The summed E-state index contributed by atoms with van der Waals surface area (Å²) in [4.78, 5) is 26.9. The molecule has 0 radical (unpaired) electrons. The Morgan fingerprint density at radius 3 is 2.37 bits per heavy atom. The minimum absolute atomic E-state index is 0.225. The summed E-state index contributed by atoms with van der Waals surface area (Å²) < 4.78 is 0. The molecule has 0 unspecified atom stereocenters. The van der Waals surface area contributed by atoms with E-state index >= 15 is 0 Å². The molecule has 2 amide bonds. The maximum atomic E-state index is 12.0. The molecule has 0 fully saturated rings. The first-order valence-electron chi connectivity index (χ1n) is 5.70. The van der Waals surface area contributed by atoms with Gasteiger partial charge in [0.25, 0.3) is 5.91 Å². The number of amides is 2. The van der Waals surface area contributed by atoms with Crippen LogP contribution in [0, 0.1) is 6.92 Å². The van der Waals surface area contributed by atoms with Gasteiger partial charge < -0.3 is 11.1 Å². The number of primary amides is 1. The molecule has 96 valence electrons. The van der Waals surface area contributed by atoms with Gasteiger partial charge in [0.15, 0.2) is 0 Å². The topological polar surface area (TPSA) is 85.1 Å². The summed E-state index contributed by atoms with van der Waals surface area (Å²) in [7, 11) is 0. The van der Waals surface area contributed by atoms with Crippen molar-refractivity contribution in [2.24, 2.45) is 5.73 Å². The molecule has 19 heavy (non-hydrogen) atoms. The number of rotatable bonds is 3. The number of nitrogens with one attached hydrogen (secondary N) is 1. The summed E-state index contributed by atoms with van der Waals surface area (Å²) in [6.45, 7) is 1.82. The van der Waals surface area contributed by atoms with E-state index in [0.29, 0.717) is 16.8 Å². The molecule has 5 heteroatoms. The standard InChI is InChI=1S/C14H13N3O2/c1-9-8-11(6-7-16-9)14(19)17-12-4-2-10(3-5-12)13(15)18/h2-8H,1H3,(H2,15,18)(H,17,19). The van der Waals surface area contributed by atoms with Crippen LogP contribution >= 0.6 is 0 Å². The number of anilines is 1. The highest BCUT2D eigenvalue weighted by molar-refractivity contribution is 6.04. The van der Waals surface area contributed by atoms with E-state index in [1.54, 1.807) is 42.6 Å². The average molecular weight is 255 g/mol. The van der Waals surface area contributed by atoms with Crippen LogP contribution in [0.5, 0.6) is 0 Å². The van der Waals surface area contributed by atoms with Crippen molar-refractivity contribution in [3.05, 3.63) is 59.4 Å². The molecule has 0 aliphatic rings. The number of nitrogens with two attached hydrogens (primary N) is 1. The molecule has 2 rings (SSSR count). The number of carbonyl (C=O) groups excluding carboxylic acids is 2. The smallest absolute Gasteiger partial charge is 0.255 e. The second-order valence-corrected chi connectivity index (χ2v) is 4.08. The summed E-state index contributed by atoms with van der Waals surface area (Å²) in [5.41, 5.74) is 7.45. The van der Waals surface area contributed by atoms with Crippen molar-refractivity contribution in [2.75, 3.05) is 5.32 Å². The SMILES string of the molecule is Cc1cc(C(=O)Nc2ccc(C(N)=O)cc2)ccn1. The maximum Gasteiger partial charge on any atom is 0.255 e. The minimum Gasteiger partial charge on any atom is -0.366 e. The Kier molecular flexibility index (Phi) is 3.56. The van der Waals surface area contributed by atoms with Crippen LogP contribution < -0.4 is 11.1 Å². The molecular weight excluding hydrogens is 242 g/mol. The van der Waals surface area contributed by atoms with Gasteiger partial charge in [0, 0.05) is 28.7 Å². The summed E-state index contributed by atoms with van der Waals surface area (Å²) in [5, 5.41) is 2.73. The zero-order valence-corrected chi connectivity index (χ0v) is 10.4. The van der Waals surface area contributed by atoms with Crippen LogP contribution in [0.15, 0.2) is 42.6 Å². The van der Waals surface area contributed by atoms with Crippen molar-refractivity contribution in [1.29, 1.82) is 0 Å². The van der Waals surface area contributed by atoms with Gasteiger partial charge in [-0.3, -0.25) is 14.6 Å². The van der Waals surface area contributed by atoms with Crippen LogP contribution in [-0.4, -0.2) is 16.8 Å². The zero-order chi connectivity index (χ0) is 13.8. The largest absolute Gasteiger partial charge is 0.366 e. The lowest BCUT2D eigenvalue weighted by Crippen LogP contribution is -2.13. The van der Waals surface area contributed by atoms with Gasteiger partial charge in [-0.1, -0.05) is 0 Å². The molecule has 3 N–H and O–H groups in total. The van der Waals surface area contributed by atoms with E-state index in [2.05, 4.69) is 10.3 Å². The van der Waals surface area contributed by atoms with Gasteiger partial charge in [-0.15, -0.1) is 0 Å². The highest BCUT2D eigenvalue weighted by atomic mass is 16.2. The first kappa shape index (κ1) is 12.8. The predicted octanol–water partition coefficient (Wildman–Crippen LogP) is 1.74. The monoisotopic (exact) mass is 255 g/mol. The Bertz CT molecular complexity index is 621. The van der Waals surface area contributed by atoms with E-state index in [4.69, 9.17) is 5.73 Å². The number of aromatic nitrogens is 1. The van der Waals surface area contributed by atoms with E-state index < -0.39 is 5.91 Å². The van der Waals surface area contributed by atoms with Crippen LogP contribution in [0.2, 0.25) is 0 Å². The van der Waals surface area contributed by atoms with Crippen molar-refractivity contribution < 1.29 is 9.59 Å². The second kappa shape index (κ2) is 5.30. The highest BCUT2D eigenvalue weighted by Gasteiger charge is 2.07. The summed E-state index contributed by atoms with van der Waals surface area (Å²) in [6, 6.07) is 9.73. The average Bonchev–Trinajstić information content (AvgIpc) is 2.39. The fourth-order valence-corrected chi connectivity index (χ4v) is 1.61. The Morgan fingerprint density at radius 1 is 1.11 bits per heavy atom. The Balaban J connectivity index is 2.13. The molecular formula is C14H13N3O2. The summed E-state index contributed by atoms with van der Waals surface area (Å²) in [6.07, 6.45) is 1.58. The number of pyridine rings is 1. The molecule has 0 aliphatic heterocycles. The summed E-state index contributed by atoms with van der Waals surface area (Å²) in [5.74, 6) is -0.722. The van der Waals surface area contributed by atoms with Gasteiger partial charge in [-0.2, -0.15) is 0 Å². The Morgan fingerprint density at radius 2 is 1.79 bits per heavy atom. The predicted molar refractivity (Wildman–Crippen MR) is 71.9 cm³/mol. The van der Waals surface area contributed by atoms with Gasteiger partial charge >= 0.3 is 0 Å². The summed E-state index contributed by atoms with van der Waals surface area (Å²) >= 11 is 0. The number of benzene rings is 1. The lowest BCUT2D eigenvalue weighted by atomic mass is 10.2. The number of hydrogen-bond acceptors (Lipinski definition) is 3. The van der Waals surface area contributed by atoms with Crippen LogP contribution in [0.4, 0.5) is 5.69 Å². The number of carbonyl (C=O) groups is 2. The van der Waals surface area contributed by atoms with Gasteiger partial charge in [0.05, 0.1) is 0 Å². The van der Waals surface area contributed by atoms with Gasteiger partial charge in [0.2, 0.25) is 5.91 Å². The van der Waals surface area contributed by atoms with Gasteiger partial charge in [-0.25, -0.2) is 0 Å². The highest BCUT2D eigenvalue weighted by Crippen LogP contribution is 2.11. The molecule has 0 spiro atoms. The van der Waals surface area contributed by atoms with E-state index in [9.17, 15) is 9.59 Å². The lowest BCUT2D eigenvalue weighted by Gasteiger charge is -2.06. The molecule has 0 bridgehead atoms. The van der Waals surface area contributed by atoms with Crippen molar-refractivity contribution in [2.45, 2.75) is 6.92 Å². The third kappa shape index (κ3) is 3.16. The number of aryl methyl sites for hydroxylation is 1. The van der Waals surface area contributed by atoms with E-state index in [1.807, 2.05) is 6.92 Å². The zero-order valence-electron chi connectivity index (χ0n) is 10.4. The fraction of sp³-hybridized carbons (Fsp3) is 0.0714. The van der Waals surface area contributed by atoms with Crippen LogP contribution in [-0.2, 0) is 0 Å². The molecule has 0 atom stereocenters. The van der Waals surface area contributed by atoms with Gasteiger partial charge in [0.1, 0.15) is 0 Å². The maximum absolute atomic E-state index is 12.0. The Labute approximate surface area is 110 Å². The minimum atomic E-state index is -0.498. The quantitative estimate of drug-likeness (QED) is 0.876. The second-order valence-electron chi connectivity index (χ2n) is 4.08. The lowest BCUT2D eigenvalue weighted by molar-refractivity contribution is 0.0998. The van der Waals surface area contributed by atoms with E-state index in [0.717, 1.165) is 5.69 Å².